The first-order valence-corrected chi connectivity index (χ1v) is 11.3. The fourth-order valence-corrected chi connectivity index (χ4v) is 4.02. The third-order valence-electron chi connectivity index (χ3n) is 5.86. The number of aliphatic hydroxyl groups is 1. The van der Waals surface area contributed by atoms with E-state index in [-0.39, 0.29) is 12.3 Å². The van der Waals surface area contributed by atoms with Gasteiger partial charge in [0.25, 0.3) is 0 Å². The van der Waals surface area contributed by atoms with Gasteiger partial charge in [-0.15, -0.1) is 0 Å². The van der Waals surface area contributed by atoms with Gasteiger partial charge in [-0.05, 0) is 24.8 Å². The molecule has 35 heavy (non-hydrogen) atoms. The zero-order valence-electron chi connectivity index (χ0n) is 19.1. The maximum Gasteiger partial charge on any atom is 0.326 e. The summed E-state index contributed by atoms with van der Waals surface area (Å²) in [7, 11) is 0. The number of nitrogens with one attached hydrogen (secondary N) is 3. The van der Waals surface area contributed by atoms with Crippen molar-refractivity contribution in [3.8, 4) is 0 Å². The Bertz CT molecular complexity index is 1010. The maximum atomic E-state index is 12.9. The third-order valence-corrected chi connectivity index (χ3v) is 5.86. The summed E-state index contributed by atoms with van der Waals surface area (Å²) >= 11 is 0. The lowest BCUT2D eigenvalue weighted by Crippen LogP contribution is -2.58. The van der Waals surface area contributed by atoms with Crippen LogP contribution in [0.4, 0.5) is 0 Å². The van der Waals surface area contributed by atoms with E-state index in [2.05, 4.69) is 20.6 Å². The molecule has 1 fully saturated rings. The summed E-state index contributed by atoms with van der Waals surface area (Å²) in [6.07, 6.45) is 4.04. The molecule has 1 saturated heterocycles. The topological polar surface area (TPSA) is 191 Å². The number of hydrogen-bond acceptors (Lipinski definition) is 7. The summed E-state index contributed by atoms with van der Waals surface area (Å²) in [5, 5.41) is 23.9. The summed E-state index contributed by atoms with van der Waals surface area (Å²) in [6, 6.07) is 4.93. The molecule has 0 radical (unpaired) electrons. The molecule has 1 aromatic heterocycles. The predicted molar refractivity (Wildman–Crippen MR) is 124 cm³/mol. The number of aliphatic hydroxyl groups excluding tert-OH is 1. The van der Waals surface area contributed by atoms with Crippen LogP contribution in [0.25, 0.3) is 0 Å². The predicted octanol–water partition coefficient (Wildman–Crippen LogP) is -1.44. The van der Waals surface area contributed by atoms with E-state index in [9.17, 15) is 29.4 Å². The maximum absolute atomic E-state index is 12.9. The van der Waals surface area contributed by atoms with Crippen LogP contribution in [-0.4, -0.2) is 86.1 Å². The molecule has 4 atom stereocenters. The second-order valence-electron chi connectivity index (χ2n) is 8.41. The number of rotatable bonds is 11. The Morgan fingerprint density at radius 1 is 1.14 bits per heavy atom. The van der Waals surface area contributed by atoms with Crippen molar-refractivity contribution in [2.75, 3.05) is 13.2 Å². The van der Waals surface area contributed by atoms with Crippen molar-refractivity contribution in [1.82, 2.24) is 25.5 Å². The van der Waals surface area contributed by atoms with Gasteiger partial charge in [0.1, 0.15) is 18.1 Å². The molecule has 2 aromatic rings. The van der Waals surface area contributed by atoms with Crippen LogP contribution in [0.3, 0.4) is 0 Å². The van der Waals surface area contributed by atoms with Gasteiger partial charge in [-0.1, -0.05) is 30.3 Å². The number of aromatic amines is 1. The van der Waals surface area contributed by atoms with Crippen LogP contribution < -0.4 is 16.4 Å². The van der Waals surface area contributed by atoms with Crippen LogP contribution in [-0.2, 0) is 32.0 Å². The largest absolute Gasteiger partial charge is 0.480 e. The zero-order valence-corrected chi connectivity index (χ0v) is 19.1. The fraction of sp³-hybridized carbons (Fsp3) is 0.435. The number of likely N-dealkylation sites (tertiary alicyclic amines) is 1. The van der Waals surface area contributed by atoms with Crippen molar-refractivity contribution in [3.63, 3.8) is 0 Å². The molecule has 7 N–H and O–H groups in total. The Morgan fingerprint density at radius 2 is 1.89 bits per heavy atom. The number of nitrogens with zero attached hydrogens (tertiary/aromatic N) is 2. The van der Waals surface area contributed by atoms with Crippen molar-refractivity contribution in [3.05, 3.63) is 54.1 Å². The van der Waals surface area contributed by atoms with Crippen LogP contribution in [0.5, 0.6) is 0 Å². The number of carboxylic acid groups (broad SMARTS) is 1. The van der Waals surface area contributed by atoms with E-state index in [4.69, 9.17) is 5.73 Å². The number of carbonyl (C=O) groups is 4. The van der Waals surface area contributed by atoms with Crippen LogP contribution in [0.1, 0.15) is 24.1 Å². The third kappa shape index (κ3) is 6.87. The lowest BCUT2D eigenvalue weighted by atomic mass is 10.0. The number of nitrogens with two attached hydrogens (primary N) is 1. The monoisotopic (exact) mass is 486 g/mol. The van der Waals surface area contributed by atoms with Crippen LogP contribution in [0, 0.1) is 0 Å². The Labute approximate surface area is 201 Å². The average molecular weight is 487 g/mol. The number of imidazole rings is 1. The lowest BCUT2D eigenvalue weighted by Gasteiger charge is -2.28. The van der Waals surface area contributed by atoms with E-state index in [1.54, 1.807) is 0 Å². The minimum Gasteiger partial charge on any atom is -0.480 e. The molecule has 2 heterocycles. The molecule has 0 aliphatic carbocycles. The standard InChI is InChI=1S/C23H30N6O6/c24-16(9-14-5-2-1-3-6-14)22(33)29-8-4-7-19(29)21(32)28-18(12-30)20(31)27-17(23(34)35)10-15-11-25-13-26-15/h1-3,5-6,11,13,16-19,30H,4,7-10,12,24H2,(H,25,26)(H,27,31)(H,28,32)(H,34,35). The number of aromatic nitrogens is 2. The second kappa shape index (κ2) is 12.1. The second-order valence-corrected chi connectivity index (χ2v) is 8.41. The van der Waals surface area contributed by atoms with E-state index in [1.807, 2.05) is 30.3 Å². The molecule has 3 rings (SSSR count). The smallest absolute Gasteiger partial charge is 0.326 e. The van der Waals surface area contributed by atoms with E-state index >= 15 is 0 Å². The number of carboxylic acids is 1. The normalized spacial score (nSPS) is 17.9. The van der Waals surface area contributed by atoms with Crippen molar-refractivity contribution in [2.45, 2.75) is 49.9 Å². The summed E-state index contributed by atoms with van der Waals surface area (Å²) in [4.78, 5) is 58.0. The summed E-state index contributed by atoms with van der Waals surface area (Å²) in [6.45, 7) is -0.400. The lowest BCUT2D eigenvalue weighted by molar-refractivity contribution is -0.143. The Hall–Kier alpha value is -3.77. The van der Waals surface area contributed by atoms with Crippen molar-refractivity contribution < 1.29 is 29.4 Å². The SMILES string of the molecule is NC(Cc1ccccc1)C(=O)N1CCCC1C(=O)NC(CO)C(=O)NC(Cc1cnc[nH]1)C(=O)O. The van der Waals surface area contributed by atoms with Crippen molar-refractivity contribution in [1.29, 1.82) is 0 Å². The highest BCUT2D eigenvalue weighted by Gasteiger charge is 2.37. The Morgan fingerprint density at radius 3 is 2.51 bits per heavy atom. The molecule has 1 aliphatic heterocycles. The minimum atomic E-state index is -1.39. The highest BCUT2D eigenvalue weighted by molar-refractivity contribution is 5.94. The number of benzene rings is 1. The van der Waals surface area contributed by atoms with Gasteiger partial charge in [-0.2, -0.15) is 0 Å². The van der Waals surface area contributed by atoms with Crippen molar-refractivity contribution >= 4 is 23.7 Å². The summed E-state index contributed by atoms with van der Waals surface area (Å²) in [5.74, 6) is -3.13. The van der Waals surface area contributed by atoms with Gasteiger partial charge in [0, 0.05) is 24.9 Å². The molecule has 3 amide bonds. The van der Waals surface area contributed by atoms with E-state index in [1.165, 1.54) is 17.4 Å². The number of carbonyl (C=O) groups excluding carboxylic acids is 3. The molecule has 0 bridgehead atoms. The number of aliphatic carboxylic acids is 1. The van der Waals surface area contributed by atoms with Gasteiger partial charge in [-0.3, -0.25) is 14.4 Å². The highest BCUT2D eigenvalue weighted by atomic mass is 16.4. The van der Waals surface area contributed by atoms with E-state index in [0.717, 1.165) is 5.56 Å². The van der Waals surface area contributed by atoms with Gasteiger partial charge in [0.15, 0.2) is 0 Å². The molecule has 12 heteroatoms. The van der Waals surface area contributed by atoms with Gasteiger partial charge >= 0.3 is 5.97 Å². The zero-order chi connectivity index (χ0) is 25.4. The number of amides is 3. The van der Waals surface area contributed by atoms with Gasteiger partial charge in [0.2, 0.25) is 17.7 Å². The molecule has 1 aliphatic rings. The van der Waals surface area contributed by atoms with Gasteiger partial charge in [-0.25, -0.2) is 9.78 Å². The van der Waals surface area contributed by atoms with Gasteiger partial charge in [0.05, 0.1) is 19.0 Å². The molecular weight excluding hydrogens is 456 g/mol. The quantitative estimate of drug-likeness (QED) is 0.222. The van der Waals surface area contributed by atoms with Gasteiger partial charge < -0.3 is 36.5 Å². The number of hydrogen-bond donors (Lipinski definition) is 6. The molecule has 4 unspecified atom stereocenters. The minimum absolute atomic E-state index is 0.0582. The van der Waals surface area contributed by atoms with Crippen LogP contribution >= 0.6 is 0 Å². The molecule has 0 spiro atoms. The molecule has 0 saturated carbocycles. The summed E-state index contributed by atoms with van der Waals surface area (Å²) < 4.78 is 0. The molecule has 188 valence electrons. The Kier molecular flexibility index (Phi) is 8.92. The first-order valence-electron chi connectivity index (χ1n) is 11.3. The fourth-order valence-electron chi connectivity index (χ4n) is 4.02. The molecule has 12 nitrogen and oxygen atoms in total. The van der Waals surface area contributed by atoms with E-state index in [0.29, 0.717) is 31.5 Å². The first kappa shape index (κ1) is 25.8. The Balaban J connectivity index is 1.59. The van der Waals surface area contributed by atoms with Crippen LogP contribution in [0.2, 0.25) is 0 Å². The molecular formula is C23H30N6O6. The van der Waals surface area contributed by atoms with Crippen molar-refractivity contribution in [2.24, 2.45) is 5.73 Å². The molecule has 1 aromatic carbocycles. The number of H-pyrrole nitrogens is 1. The van der Waals surface area contributed by atoms with Crippen LogP contribution in [0.15, 0.2) is 42.9 Å². The first-order chi connectivity index (χ1) is 16.8. The van der Waals surface area contributed by atoms with E-state index < -0.39 is 48.6 Å². The average Bonchev–Trinajstić information content (AvgIpc) is 3.54. The summed E-state index contributed by atoms with van der Waals surface area (Å²) in [5.41, 5.74) is 7.51. The highest BCUT2D eigenvalue weighted by Crippen LogP contribution is 2.19.